The number of hydrogen-bond acceptors (Lipinski definition) is 2. The van der Waals surface area contributed by atoms with Gasteiger partial charge in [-0.3, -0.25) is 0 Å². The first-order chi connectivity index (χ1) is 8.57. The molecule has 1 amide bonds. The summed E-state index contributed by atoms with van der Waals surface area (Å²) in [6.45, 7) is 4.24. The number of aliphatic hydroxyl groups is 1. The van der Waals surface area contributed by atoms with E-state index in [1.54, 1.807) is 0 Å². The van der Waals surface area contributed by atoms with Crippen LogP contribution >= 0.6 is 0 Å². The van der Waals surface area contributed by atoms with Crippen LogP contribution in [0.15, 0.2) is 21.3 Å². The molecule has 0 aromatic heterocycles. The SMILES string of the molecule is CC1=C(C)[C@@H]2NC(=O)[C@]2([C@@H](O)[C@H]2C=CCCC2)[Te]1. The van der Waals surface area contributed by atoms with Crippen molar-refractivity contribution in [1.29, 1.82) is 0 Å². The minimum absolute atomic E-state index is 0.0950. The Kier molecular flexibility index (Phi) is 3.09. The zero-order chi connectivity index (χ0) is 12.9. The third-order valence-electron chi connectivity index (χ3n) is 4.51. The standard InChI is InChI=1S/C14H19NO2Te/c1-8-9(2)18-14(11(8)15-13(14)17)12(16)10-6-4-3-5-7-10/h4,6,10-12,16H,3,5,7H2,1-2H3,(H,15,17)/t10-,11-,12-,14-/m0/s1. The van der Waals surface area contributed by atoms with Crippen LogP contribution in [0.3, 0.4) is 0 Å². The molecule has 2 N–H and O–H groups in total. The quantitative estimate of drug-likeness (QED) is 0.444. The molecule has 3 nitrogen and oxygen atoms in total. The van der Waals surface area contributed by atoms with Crippen LogP contribution in [0.25, 0.3) is 0 Å². The summed E-state index contributed by atoms with van der Waals surface area (Å²) in [5.41, 5.74) is 1.30. The predicted molar refractivity (Wildman–Crippen MR) is 71.2 cm³/mol. The van der Waals surface area contributed by atoms with Gasteiger partial charge in [-0.05, 0) is 0 Å². The molecule has 0 aromatic carbocycles. The molecule has 2 heterocycles. The molecule has 0 bridgehead atoms. The van der Waals surface area contributed by atoms with E-state index in [0.29, 0.717) is 0 Å². The Morgan fingerprint density at radius 3 is 2.89 bits per heavy atom. The summed E-state index contributed by atoms with van der Waals surface area (Å²) in [5, 5.41) is 13.8. The van der Waals surface area contributed by atoms with Crippen LogP contribution in [0.2, 0.25) is 3.46 Å². The van der Waals surface area contributed by atoms with Gasteiger partial charge >= 0.3 is 118 Å². The monoisotopic (exact) mass is 363 g/mol. The second-order valence-electron chi connectivity index (χ2n) is 5.51. The maximum absolute atomic E-state index is 12.1. The van der Waals surface area contributed by atoms with Crippen LogP contribution in [0.1, 0.15) is 33.1 Å². The Labute approximate surface area is 118 Å². The number of fused-ring (bicyclic) bond motifs is 1. The number of nitrogens with one attached hydrogen (secondary N) is 1. The van der Waals surface area contributed by atoms with Gasteiger partial charge in [-0.2, -0.15) is 0 Å². The van der Waals surface area contributed by atoms with Gasteiger partial charge in [0.05, 0.1) is 0 Å². The molecule has 0 saturated carbocycles. The fraction of sp³-hybridized carbons (Fsp3) is 0.643. The molecule has 4 heteroatoms. The Balaban J connectivity index is 1.88. The molecule has 98 valence electrons. The average Bonchev–Trinajstić information content (AvgIpc) is 2.60. The van der Waals surface area contributed by atoms with Gasteiger partial charge in [0.25, 0.3) is 0 Å². The molecule has 2 aliphatic heterocycles. The summed E-state index contributed by atoms with van der Waals surface area (Å²) in [4.78, 5) is 12.1. The van der Waals surface area contributed by atoms with Gasteiger partial charge < -0.3 is 0 Å². The van der Waals surface area contributed by atoms with E-state index < -0.39 is 30.5 Å². The summed E-state index contributed by atoms with van der Waals surface area (Å²) in [7, 11) is 0. The molecule has 18 heavy (non-hydrogen) atoms. The second kappa shape index (κ2) is 4.37. The first-order valence-corrected chi connectivity index (χ1v) is 8.92. The number of amides is 1. The van der Waals surface area contributed by atoms with Crippen LogP contribution in [0.5, 0.6) is 0 Å². The van der Waals surface area contributed by atoms with Crippen molar-refractivity contribution < 1.29 is 9.90 Å². The van der Waals surface area contributed by atoms with Crippen LogP contribution in [0, 0.1) is 5.92 Å². The van der Waals surface area contributed by atoms with E-state index in [9.17, 15) is 9.90 Å². The van der Waals surface area contributed by atoms with Gasteiger partial charge in [-0.1, -0.05) is 0 Å². The molecule has 0 aromatic rings. The molecule has 3 aliphatic rings. The number of aliphatic hydroxyl groups excluding tert-OH is 1. The van der Waals surface area contributed by atoms with Crippen molar-refractivity contribution in [2.24, 2.45) is 5.92 Å². The number of rotatable bonds is 2. The second-order valence-corrected chi connectivity index (χ2v) is 9.77. The first kappa shape index (κ1) is 12.7. The Bertz CT molecular complexity index is 457. The number of carbonyl (C=O) groups excluding carboxylic acids is 1. The van der Waals surface area contributed by atoms with E-state index in [1.165, 1.54) is 9.19 Å². The number of hydrogen-bond donors (Lipinski definition) is 2. The van der Waals surface area contributed by atoms with Gasteiger partial charge in [0.2, 0.25) is 0 Å². The van der Waals surface area contributed by atoms with E-state index >= 15 is 0 Å². The van der Waals surface area contributed by atoms with Crippen LogP contribution in [-0.4, -0.2) is 44.1 Å². The zero-order valence-electron chi connectivity index (χ0n) is 10.8. The summed E-state index contributed by atoms with van der Waals surface area (Å²) < 4.78 is 0.952. The van der Waals surface area contributed by atoms with Gasteiger partial charge in [0.1, 0.15) is 0 Å². The summed E-state index contributed by atoms with van der Waals surface area (Å²) in [6.07, 6.45) is 7.06. The molecule has 1 aliphatic carbocycles. The summed E-state index contributed by atoms with van der Waals surface area (Å²) in [6, 6.07) is 0.123. The van der Waals surface area contributed by atoms with Crippen molar-refractivity contribution in [3.8, 4) is 0 Å². The summed E-state index contributed by atoms with van der Waals surface area (Å²) in [5.74, 6) is 0.272. The summed E-state index contributed by atoms with van der Waals surface area (Å²) >= 11 is -0.589. The van der Waals surface area contributed by atoms with E-state index in [4.69, 9.17) is 0 Å². The minimum atomic E-state index is -0.589. The molecule has 0 radical (unpaired) electrons. The molecule has 0 unspecified atom stereocenters. The van der Waals surface area contributed by atoms with Gasteiger partial charge in [0.15, 0.2) is 0 Å². The molecular weight excluding hydrogens is 342 g/mol. The van der Waals surface area contributed by atoms with Crippen molar-refractivity contribution in [2.45, 2.75) is 48.7 Å². The van der Waals surface area contributed by atoms with Crippen molar-refractivity contribution in [1.82, 2.24) is 5.32 Å². The van der Waals surface area contributed by atoms with Gasteiger partial charge in [0, 0.05) is 0 Å². The molecule has 4 atom stereocenters. The Morgan fingerprint density at radius 1 is 1.56 bits per heavy atom. The molecule has 3 rings (SSSR count). The van der Waals surface area contributed by atoms with Crippen molar-refractivity contribution in [3.05, 3.63) is 21.3 Å². The van der Waals surface area contributed by atoms with Crippen LogP contribution in [-0.2, 0) is 4.79 Å². The zero-order valence-corrected chi connectivity index (χ0v) is 13.1. The number of β-lactam (4-membered cyclic amide) rings is 1. The molecule has 0 spiro atoms. The predicted octanol–water partition coefficient (Wildman–Crippen LogP) is 1.37. The topological polar surface area (TPSA) is 49.3 Å². The van der Waals surface area contributed by atoms with Crippen molar-refractivity contribution in [3.63, 3.8) is 0 Å². The fourth-order valence-corrected chi connectivity index (χ4v) is 7.79. The molecular formula is C14H19NO2Te. The Hall–Kier alpha value is -0.300. The maximum atomic E-state index is 12.1. The van der Waals surface area contributed by atoms with E-state index in [2.05, 4.69) is 31.3 Å². The van der Waals surface area contributed by atoms with Crippen molar-refractivity contribution in [2.75, 3.05) is 0 Å². The van der Waals surface area contributed by atoms with E-state index in [-0.39, 0.29) is 17.9 Å². The van der Waals surface area contributed by atoms with E-state index in [0.717, 1.165) is 19.3 Å². The normalized spacial score (nSPS) is 40.3. The molecule has 1 saturated heterocycles. The van der Waals surface area contributed by atoms with Crippen LogP contribution in [0.4, 0.5) is 0 Å². The Morgan fingerprint density at radius 2 is 2.33 bits per heavy atom. The van der Waals surface area contributed by atoms with E-state index in [1.807, 2.05) is 0 Å². The number of carbonyl (C=O) groups is 1. The van der Waals surface area contributed by atoms with Gasteiger partial charge in [-0.15, -0.1) is 0 Å². The third-order valence-corrected chi connectivity index (χ3v) is 9.15. The first-order valence-electron chi connectivity index (χ1n) is 6.59. The third kappa shape index (κ3) is 1.56. The average molecular weight is 361 g/mol. The fourth-order valence-electron chi connectivity index (χ4n) is 3.26. The molecule has 1 fully saturated rings. The number of allylic oxidation sites excluding steroid dienone is 2. The van der Waals surface area contributed by atoms with Crippen molar-refractivity contribution >= 4 is 26.8 Å². The van der Waals surface area contributed by atoms with Gasteiger partial charge in [-0.25, -0.2) is 0 Å². The van der Waals surface area contributed by atoms with Crippen LogP contribution < -0.4 is 5.32 Å².